The highest BCUT2D eigenvalue weighted by molar-refractivity contribution is 6.38. The largest absolute Gasteiger partial charge is 0.378 e. The molecule has 0 spiro atoms. The molecule has 1 unspecified atom stereocenters. The van der Waals surface area contributed by atoms with Crippen molar-refractivity contribution in [3.63, 3.8) is 0 Å². The van der Waals surface area contributed by atoms with Gasteiger partial charge in [0.05, 0.1) is 5.69 Å². The molecule has 7 heteroatoms. The van der Waals surface area contributed by atoms with Crippen molar-refractivity contribution >= 4 is 28.9 Å². The lowest BCUT2D eigenvalue weighted by Gasteiger charge is -2.46. The molecule has 0 saturated carbocycles. The molecule has 0 saturated heterocycles. The summed E-state index contributed by atoms with van der Waals surface area (Å²) in [4.78, 5) is 26.8. The Morgan fingerprint density at radius 3 is 2.07 bits per heavy atom. The highest BCUT2D eigenvalue weighted by Gasteiger charge is 2.39. The number of anilines is 2. The van der Waals surface area contributed by atoms with E-state index in [2.05, 4.69) is 5.10 Å². The van der Waals surface area contributed by atoms with Crippen LogP contribution in [-0.4, -0.2) is 48.7 Å². The molecule has 7 nitrogen and oxygen atoms in total. The third kappa shape index (κ3) is 3.55. The number of hydrazine groups is 1. The van der Waals surface area contributed by atoms with Crippen molar-refractivity contribution in [2.24, 2.45) is 5.10 Å². The minimum absolute atomic E-state index is 0.182. The van der Waals surface area contributed by atoms with Crippen molar-refractivity contribution < 1.29 is 9.59 Å². The van der Waals surface area contributed by atoms with E-state index in [1.807, 2.05) is 73.6 Å². The number of hydrogen-bond acceptors (Lipinski definition) is 6. The summed E-state index contributed by atoms with van der Waals surface area (Å²) in [5, 5.41) is 9.42. The first-order valence-electron chi connectivity index (χ1n) is 9.06. The molecule has 1 aliphatic heterocycles. The highest BCUT2D eigenvalue weighted by atomic mass is 16.2. The molecule has 0 aliphatic carbocycles. The third-order valence-electron chi connectivity index (χ3n) is 4.66. The molecule has 0 fully saturated rings. The first kappa shape index (κ1) is 19.4. The highest BCUT2D eigenvalue weighted by Crippen LogP contribution is 2.35. The normalized spacial score (nSPS) is 16.7. The minimum Gasteiger partial charge on any atom is -0.378 e. The molecule has 0 N–H and O–H groups in total. The summed E-state index contributed by atoms with van der Waals surface area (Å²) in [6, 6.07) is 17.5. The molecule has 1 atom stereocenters. The fourth-order valence-corrected chi connectivity index (χ4v) is 3.28. The first-order chi connectivity index (χ1) is 13.3. The van der Waals surface area contributed by atoms with E-state index in [1.54, 1.807) is 17.1 Å². The van der Waals surface area contributed by atoms with Crippen LogP contribution in [0.1, 0.15) is 25.6 Å². The van der Waals surface area contributed by atoms with Crippen LogP contribution in [-0.2, 0) is 9.59 Å². The number of amides is 1. The van der Waals surface area contributed by atoms with Gasteiger partial charge in [-0.25, -0.2) is 10.0 Å². The smallest absolute Gasteiger partial charge is 0.240 e. The van der Waals surface area contributed by atoms with Crippen LogP contribution >= 0.6 is 0 Å². The van der Waals surface area contributed by atoms with Gasteiger partial charge in [0.1, 0.15) is 0 Å². The molecule has 0 aromatic heterocycles. The number of nitrogens with zero attached hydrogens (tertiary/aromatic N) is 5. The van der Waals surface area contributed by atoms with Gasteiger partial charge >= 0.3 is 0 Å². The Kier molecular flexibility index (Phi) is 5.35. The SMILES string of the molecule is CC(=O)C1=NN(c2ccccc2)C(c2ccc(N(C)C)cc2)N(C(C)=O)N1C. The van der Waals surface area contributed by atoms with Gasteiger partial charge in [-0.3, -0.25) is 14.6 Å². The standard InChI is InChI=1S/C21H25N5O2/c1-15(27)20-22-25(19-9-7-6-8-10-19)21(26(16(2)28)24(20)5)17-11-13-18(14-12-17)23(3)4/h6-14,21H,1-5H3. The molecular formula is C21H25N5O2. The summed E-state index contributed by atoms with van der Waals surface area (Å²) >= 11 is 0. The van der Waals surface area contributed by atoms with Crippen molar-refractivity contribution in [2.45, 2.75) is 20.0 Å². The fourth-order valence-electron chi connectivity index (χ4n) is 3.28. The zero-order valence-corrected chi connectivity index (χ0v) is 16.8. The fraction of sp³-hybridized carbons (Fsp3) is 0.286. The summed E-state index contributed by atoms with van der Waals surface area (Å²) < 4.78 is 0. The number of amidine groups is 1. The summed E-state index contributed by atoms with van der Waals surface area (Å²) in [6.07, 6.45) is -0.510. The van der Waals surface area contributed by atoms with Crippen LogP contribution in [0.25, 0.3) is 0 Å². The van der Waals surface area contributed by atoms with E-state index in [0.29, 0.717) is 0 Å². The summed E-state index contributed by atoms with van der Waals surface area (Å²) in [7, 11) is 5.64. The van der Waals surface area contributed by atoms with Gasteiger partial charge in [-0.05, 0) is 29.8 Å². The summed E-state index contributed by atoms with van der Waals surface area (Å²) in [5.74, 6) is -0.185. The first-order valence-corrected chi connectivity index (χ1v) is 9.06. The molecule has 0 bridgehead atoms. The zero-order valence-electron chi connectivity index (χ0n) is 16.8. The van der Waals surface area contributed by atoms with E-state index in [0.717, 1.165) is 16.9 Å². The molecule has 1 heterocycles. The average Bonchev–Trinajstić information content (AvgIpc) is 2.67. The molecule has 3 rings (SSSR count). The molecule has 2 aromatic rings. The van der Waals surface area contributed by atoms with Crippen LogP contribution in [0.4, 0.5) is 11.4 Å². The van der Waals surface area contributed by atoms with Crippen molar-refractivity contribution in [2.75, 3.05) is 31.1 Å². The Morgan fingerprint density at radius 1 is 0.964 bits per heavy atom. The summed E-state index contributed by atoms with van der Waals surface area (Å²) in [5.41, 5.74) is 2.74. The molecular weight excluding hydrogens is 354 g/mol. The number of hydrogen-bond donors (Lipinski definition) is 0. The number of rotatable bonds is 4. The molecule has 0 radical (unpaired) electrons. The lowest BCUT2D eigenvalue weighted by molar-refractivity contribution is -0.145. The number of carbonyl (C=O) groups is 2. The monoisotopic (exact) mass is 379 g/mol. The number of benzene rings is 2. The third-order valence-corrected chi connectivity index (χ3v) is 4.66. The molecule has 28 heavy (non-hydrogen) atoms. The maximum absolute atomic E-state index is 12.6. The molecule has 146 valence electrons. The van der Waals surface area contributed by atoms with Gasteiger partial charge in [0, 0.05) is 40.7 Å². The Labute approximate surface area is 165 Å². The Bertz CT molecular complexity index is 893. The van der Waals surface area contributed by atoms with Gasteiger partial charge in [0.2, 0.25) is 11.7 Å². The second-order valence-electron chi connectivity index (χ2n) is 6.91. The van der Waals surface area contributed by atoms with Gasteiger partial charge in [0.15, 0.2) is 11.9 Å². The molecule has 1 aliphatic rings. The van der Waals surface area contributed by atoms with Gasteiger partial charge in [-0.15, -0.1) is 5.10 Å². The van der Waals surface area contributed by atoms with Crippen LogP contribution in [0.3, 0.4) is 0 Å². The van der Waals surface area contributed by atoms with Crippen LogP contribution < -0.4 is 9.91 Å². The van der Waals surface area contributed by atoms with E-state index in [1.165, 1.54) is 18.9 Å². The number of hydrazone groups is 1. The van der Waals surface area contributed by atoms with Gasteiger partial charge < -0.3 is 4.90 Å². The van der Waals surface area contributed by atoms with E-state index < -0.39 is 6.17 Å². The van der Waals surface area contributed by atoms with Crippen molar-refractivity contribution in [3.05, 3.63) is 60.2 Å². The Balaban J connectivity index is 2.18. The van der Waals surface area contributed by atoms with Crippen LogP contribution in [0.15, 0.2) is 59.7 Å². The number of carbonyl (C=O) groups excluding carboxylic acids is 2. The van der Waals surface area contributed by atoms with E-state index in [4.69, 9.17) is 0 Å². The lowest BCUT2D eigenvalue weighted by Crippen LogP contribution is -2.58. The topological polar surface area (TPSA) is 59.5 Å². The minimum atomic E-state index is -0.510. The average molecular weight is 379 g/mol. The maximum atomic E-state index is 12.6. The Morgan fingerprint density at radius 2 is 1.57 bits per heavy atom. The van der Waals surface area contributed by atoms with Crippen molar-refractivity contribution in [3.8, 4) is 0 Å². The predicted molar refractivity (Wildman–Crippen MR) is 111 cm³/mol. The quantitative estimate of drug-likeness (QED) is 0.818. The van der Waals surface area contributed by atoms with Crippen LogP contribution in [0, 0.1) is 0 Å². The van der Waals surface area contributed by atoms with Crippen LogP contribution in [0.2, 0.25) is 0 Å². The Hall–Kier alpha value is -3.35. The zero-order chi connectivity index (χ0) is 20.4. The number of Topliss-reactive ketones (excluding diaryl/α,β-unsaturated/α-hetero) is 1. The molecule has 2 aromatic carbocycles. The van der Waals surface area contributed by atoms with E-state index in [-0.39, 0.29) is 17.5 Å². The van der Waals surface area contributed by atoms with Gasteiger partial charge in [0.25, 0.3) is 0 Å². The number of likely N-dealkylation sites (N-methyl/N-ethyl adjacent to an activating group) is 1. The maximum Gasteiger partial charge on any atom is 0.240 e. The van der Waals surface area contributed by atoms with Crippen molar-refractivity contribution in [1.82, 2.24) is 10.0 Å². The number of ketones is 1. The van der Waals surface area contributed by atoms with E-state index in [9.17, 15) is 9.59 Å². The second-order valence-corrected chi connectivity index (χ2v) is 6.91. The second kappa shape index (κ2) is 7.72. The van der Waals surface area contributed by atoms with Crippen molar-refractivity contribution in [1.29, 1.82) is 0 Å². The van der Waals surface area contributed by atoms with Gasteiger partial charge in [-0.2, -0.15) is 0 Å². The lowest BCUT2D eigenvalue weighted by atomic mass is 10.1. The molecule has 1 amide bonds. The van der Waals surface area contributed by atoms with Crippen LogP contribution in [0.5, 0.6) is 0 Å². The summed E-state index contributed by atoms with van der Waals surface area (Å²) in [6.45, 7) is 2.94. The van der Waals surface area contributed by atoms with E-state index >= 15 is 0 Å². The predicted octanol–water partition coefficient (Wildman–Crippen LogP) is 2.87. The van der Waals surface area contributed by atoms with Gasteiger partial charge in [-0.1, -0.05) is 30.3 Å². The number of para-hydroxylation sites is 1.